The predicted octanol–water partition coefficient (Wildman–Crippen LogP) is -0.546. The fourth-order valence-corrected chi connectivity index (χ4v) is 2.10. The number of hydrogen-bond donors (Lipinski definition) is 2. The van der Waals surface area contributed by atoms with E-state index in [-0.39, 0.29) is 5.91 Å². The van der Waals surface area contributed by atoms with Gasteiger partial charge in [0.2, 0.25) is 0 Å². The van der Waals surface area contributed by atoms with Crippen molar-refractivity contribution in [2.45, 2.75) is 6.42 Å². The van der Waals surface area contributed by atoms with E-state index in [4.69, 9.17) is 10.5 Å². The van der Waals surface area contributed by atoms with Crippen molar-refractivity contribution in [1.29, 1.82) is 0 Å². The van der Waals surface area contributed by atoms with Gasteiger partial charge in [0.15, 0.2) is 5.69 Å². The minimum Gasteiger partial charge on any atom is -0.396 e. The largest absolute Gasteiger partial charge is 0.396 e. The van der Waals surface area contributed by atoms with Crippen LogP contribution in [0.5, 0.6) is 0 Å². The minimum atomic E-state index is -0.208. The summed E-state index contributed by atoms with van der Waals surface area (Å²) >= 11 is 0. The SMILES string of the molecule is Cn1cc(N)c(C(=O)NCCCN2CCOCC2)n1. The summed E-state index contributed by atoms with van der Waals surface area (Å²) in [6.45, 7) is 5.16. The van der Waals surface area contributed by atoms with E-state index in [1.54, 1.807) is 13.2 Å². The Labute approximate surface area is 112 Å². The van der Waals surface area contributed by atoms with Crippen LogP contribution in [0.3, 0.4) is 0 Å². The molecule has 0 bridgehead atoms. The first-order valence-electron chi connectivity index (χ1n) is 6.54. The molecular weight excluding hydrogens is 246 g/mol. The lowest BCUT2D eigenvalue weighted by molar-refractivity contribution is 0.0374. The molecule has 106 valence electrons. The van der Waals surface area contributed by atoms with Gasteiger partial charge in [0, 0.05) is 32.9 Å². The molecule has 0 spiro atoms. The summed E-state index contributed by atoms with van der Waals surface area (Å²) in [7, 11) is 1.74. The third-order valence-electron chi connectivity index (χ3n) is 3.11. The first-order valence-corrected chi connectivity index (χ1v) is 6.54. The maximum atomic E-state index is 11.8. The Morgan fingerprint density at radius 2 is 2.26 bits per heavy atom. The highest BCUT2D eigenvalue weighted by Gasteiger charge is 2.14. The van der Waals surface area contributed by atoms with Gasteiger partial charge in [-0.25, -0.2) is 0 Å². The molecular formula is C12H21N5O2. The molecule has 0 aliphatic carbocycles. The fourth-order valence-electron chi connectivity index (χ4n) is 2.10. The summed E-state index contributed by atoms with van der Waals surface area (Å²) in [6.07, 6.45) is 2.54. The molecule has 1 aromatic rings. The van der Waals surface area contributed by atoms with Gasteiger partial charge in [0.1, 0.15) is 0 Å². The number of morpholine rings is 1. The van der Waals surface area contributed by atoms with E-state index < -0.39 is 0 Å². The van der Waals surface area contributed by atoms with E-state index >= 15 is 0 Å². The van der Waals surface area contributed by atoms with Crippen LogP contribution in [0.15, 0.2) is 6.20 Å². The molecule has 1 aromatic heterocycles. The molecule has 0 saturated carbocycles. The highest BCUT2D eigenvalue weighted by atomic mass is 16.5. The van der Waals surface area contributed by atoms with Gasteiger partial charge in [-0.3, -0.25) is 14.4 Å². The van der Waals surface area contributed by atoms with Crippen LogP contribution in [-0.2, 0) is 11.8 Å². The molecule has 1 saturated heterocycles. The summed E-state index contributed by atoms with van der Waals surface area (Å²) in [5.41, 5.74) is 6.41. The summed E-state index contributed by atoms with van der Waals surface area (Å²) < 4.78 is 6.82. The molecule has 0 radical (unpaired) electrons. The number of aryl methyl sites for hydroxylation is 1. The summed E-state index contributed by atoms with van der Waals surface area (Å²) in [5.74, 6) is -0.208. The van der Waals surface area contributed by atoms with Gasteiger partial charge in [-0.15, -0.1) is 0 Å². The van der Waals surface area contributed by atoms with Crippen LogP contribution in [0.25, 0.3) is 0 Å². The van der Waals surface area contributed by atoms with Gasteiger partial charge in [-0.2, -0.15) is 5.10 Å². The summed E-state index contributed by atoms with van der Waals surface area (Å²) in [4.78, 5) is 14.2. The first kappa shape index (κ1) is 13.8. The van der Waals surface area contributed by atoms with Crippen molar-refractivity contribution in [3.8, 4) is 0 Å². The first-order chi connectivity index (χ1) is 9.16. The van der Waals surface area contributed by atoms with Crippen molar-refractivity contribution in [2.24, 2.45) is 7.05 Å². The van der Waals surface area contributed by atoms with E-state index in [0.717, 1.165) is 39.3 Å². The number of nitrogens with two attached hydrogens (primary N) is 1. The Bertz CT molecular complexity index is 426. The summed E-state index contributed by atoms with van der Waals surface area (Å²) in [6, 6.07) is 0. The van der Waals surface area contributed by atoms with E-state index in [1.165, 1.54) is 4.68 Å². The van der Waals surface area contributed by atoms with Crippen molar-refractivity contribution in [2.75, 3.05) is 45.1 Å². The molecule has 2 rings (SSSR count). The Morgan fingerprint density at radius 1 is 1.53 bits per heavy atom. The van der Waals surface area contributed by atoms with Crippen molar-refractivity contribution in [3.63, 3.8) is 0 Å². The number of ether oxygens (including phenoxy) is 1. The van der Waals surface area contributed by atoms with Gasteiger partial charge in [0.25, 0.3) is 5.91 Å². The standard InChI is InChI=1S/C12H21N5O2/c1-16-9-10(13)11(15-16)12(18)14-3-2-4-17-5-7-19-8-6-17/h9H,2-8,13H2,1H3,(H,14,18). The number of hydrogen-bond acceptors (Lipinski definition) is 5. The second kappa shape index (κ2) is 6.53. The third kappa shape index (κ3) is 3.93. The van der Waals surface area contributed by atoms with Crippen LogP contribution in [0.4, 0.5) is 5.69 Å². The normalized spacial score (nSPS) is 16.5. The third-order valence-corrected chi connectivity index (χ3v) is 3.11. The maximum absolute atomic E-state index is 11.8. The Morgan fingerprint density at radius 3 is 2.89 bits per heavy atom. The second-order valence-corrected chi connectivity index (χ2v) is 4.67. The number of nitrogens with zero attached hydrogens (tertiary/aromatic N) is 3. The molecule has 1 amide bonds. The number of rotatable bonds is 5. The van der Waals surface area contributed by atoms with E-state index in [1.807, 2.05) is 0 Å². The van der Waals surface area contributed by atoms with Gasteiger partial charge >= 0.3 is 0 Å². The molecule has 0 unspecified atom stereocenters. The average Bonchev–Trinajstić information content (AvgIpc) is 2.75. The van der Waals surface area contributed by atoms with Crippen LogP contribution in [0, 0.1) is 0 Å². The monoisotopic (exact) mass is 267 g/mol. The lowest BCUT2D eigenvalue weighted by Crippen LogP contribution is -2.38. The molecule has 1 fully saturated rings. The van der Waals surface area contributed by atoms with Crippen molar-refractivity contribution in [3.05, 3.63) is 11.9 Å². The molecule has 7 nitrogen and oxygen atoms in total. The highest BCUT2D eigenvalue weighted by molar-refractivity contribution is 5.96. The van der Waals surface area contributed by atoms with Crippen molar-refractivity contribution >= 4 is 11.6 Å². The maximum Gasteiger partial charge on any atom is 0.273 e. The Balaban J connectivity index is 1.67. The van der Waals surface area contributed by atoms with Gasteiger partial charge in [-0.05, 0) is 13.0 Å². The highest BCUT2D eigenvalue weighted by Crippen LogP contribution is 2.07. The van der Waals surface area contributed by atoms with Crippen LogP contribution in [-0.4, -0.2) is 60.0 Å². The predicted molar refractivity (Wildman–Crippen MR) is 71.8 cm³/mol. The summed E-state index contributed by atoms with van der Waals surface area (Å²) in [5, 5.41) is 6.87. The topological polar surface area (TPSA) is 85.4 Å². The molecule has 1 aliphatic heterocycles. The number of anilines is 1. The van der Waals surface area contributed by atoms with Crippen LogP contribution < -0.4 is 11.1 Å². The zero-order chi connectivity index (χ0) is 13.7. The molecule has 2 heterocycles. The molecule has 1 aliphatic rings. The van der Waals surface area contributed by atoms with Crippen molar-refractivity contribution in [1.82, 2.24) is 20.0 Å². The second-order valence-electron chi connectivity index (χ2n) is 4.67. The number of nitrogen functional groups attached to an aromatic ring is 1. The zero-order valence-corrected chi connectivity index (χ0v) is 11.3. The molecule has 7 heteroatoms. The number of amides is 1. The fraction of sp³-hybridized carbons (Fsp3) is 0.667. The molecule has 19 heavy (non-hydrogen) atoms. The molecule has 0 atom stereocenters. The van der Waals surface area contributed by atoms with E-state index in [2.05, 4.69) is 15.3 Å². The number of carbonyl (C=O) groups excluding carboxylic acids is 1. The number of nitrogens with one attached hydrogen (secondary N) is 1. The van der Waals surface area contributed by atoms with E-state index in [9.17, 15) is 4.79 Å². The lowest BCUT2D eigenvalue weighted by Gasteiger charge is -2.26. The number of aromatic nitrogens is 2. The quantitative estimate of drug-likeness (QED) is 0.700. The minimum absolute atomic E-state index is 0.208. The number of carbonyl (C=O) groups is 1. The van der Waals surface area contributed by atoms with Gasteiger partial charge in [0.05, 0.1) is 18.9 Å². The molecule has 3 N–H and O–H groups in total. The van der Waals surface area contributed by atoms with Crippen molar-refractivity contribution < 1.29 is 9.53 Å². The zero-order valence-electron chi connectivity index (χ0n) is 11.3. The lowest BCUT2D eigenvalue weighted by atomic mass is 10.3. The Kier molecular flexibility index (Phi) is 4.75. The van der Waals surface area contributed by atoms with E-state index in [0.29, 0.717) is 17.9 Å². The Hall–Kier alpha value is -1.60. The van der Waals surface area contributed by atoms with Gasteiger partial charge in [-0.1, -0.05) is 0 Å². The van der Waals surface area contributed by atoms with Gasteiger partial charge < -0.3 is 15.8 Å². The average molecular weight is 267 g/mol. The smallest absolute Gasteiger partial charge is 0.273 e. The molecule has 0 aromatic carbocycles. The van der Waals surface area contributed by atoms with Crippen LogP contribution in [0.1, 0.15) is 16.9 Å². The van der Waals surface area contributed by atoms with Crippen LogP contribution >= 0.6 is 0 Å². The van der Waals surface area contributed by atoms with Crippen LogP contribution in [0.2, 0.25) is 0 Å².